The standard InChI is InChI=1S/C15H10N4O/c16-8-14-15(20-10-17-14)19-18-9-12-6-3-5-11-4-1-2-7-13(11)12/h1-7,9-10,19H. The second kappa shape index (κ2) is 5.24. The molecule has 0 atom stereocenters. The SMILES string of the molecule is N#Cc1ncoc1NN=Cc1cccc2ccccc12. The van der Waals surface area contributed by atoms with Gasteiger partial charge in [-0.25, -0.2) is 10.4 Å². The topological polar surface area (TPSA) is 74.2 Å². The summed E-state index contributed by atoms with van der Waals surface area (Å²) in [6.45, 7) is 0. The number of benzene rings is 2. The highest BCUT2D eigenvalue weighted by Gasteiger charge is 2.05. The molecule has 1 heterocycles. The minimum atomic E-state index is 0.181. The Balaban J connectivity index is 1.87. The van der Waals surface area contributed by atoms with Crippen LogP contribution >= 0.6 is 0 Å². The van der Waals surface area contributed by atoms with Gasteiger partial charge in [0.2, 0.25) is 5.69 Å². The van der Waals surface area contributed by atoms with Crippen molar-refractivity contribution < 1.29 is 4.42 Å². The third kappa shape index (κ3) is 2.22. The maximum absolute atomic E-state index is 8.80. The Kier molecular flexibility index (Phi) is 3.13. The summed E-state index contributed by atoms with van der Waals surface area (Å²) in [4.78, 5) is 3.75. The molecule has 0 saturated carbocycles. The van der Waals surface area contributed by atoms with E-state index >= 15 is 0 Å². The van der Waals surface area contributed by atoms with Crippen LogP contribution in [0.15, 0.2) is 58.4 Å². The molecule has 0 spiro atoms. The summed E-state index contributed by atoms with van der Waals surface area (Å²) in [5, 5.41) is 15.1. The molecular formula is C15H10N4O. The summed E-state index contributed by atoms with van der Waals surface area (Å²) < 4.78 is 5.02. The van der Waals surface area contributed by atoms with Crippen LogP contribution in [-0.2, 0) is 0 Å². The number of oxazole rings is 1. The Morgan fingerprint density at radius 3 is 2.95 bits per heavy atom. The zero-order valence-corrected chi connectivity index (χ0v) is 10.4. The minimum absolute atomic E-state index is 0.181. The van der Waals surface area contributed by atoms with Crippen LogP contribution in [0.1, 0.15) is 11.3 Å². The van der Waals surface area contributed by atoms with E-state index in [0.29, 0.717) is 0 Å². The highest BCUT2D eigenvalue weighted by Crippen LogP contribution is 2.17. The number of nitrogens with one attached hydrogen (secondary N) is 1. The Hall–Kier alpha value is -3.13. The van der Waals surface area contributed by atoms with Crippen LogP contribution < -0.4 is 5.43 Å². The monoisotopic (exact) mass is 262 g/mol. The van der Waals surface area contributed by atoms with Crippen molar-refractivity contribution in [3.8, 4) is 6.07 Å². The predicted octanol–water partition coefficient (Wildman–Crippen LogP) is 3.15. The quantitative estimate of drug-likeness (QED) is 0.581. The molecule has 0 amide bonds. The fraction of sp³-hybridized carbons (Fsp3) is 0. The molecule has 0 aliphatic heterocycles. The van der Waals surface area contributed by atoms with Crippen molar-refractivity contribution in [1.82, 2.24) is 4.98 Å². The Bertz CT molecular complexity index is 809. The van der Waals surface area contributed by atoms with Gasteiger partial charge >= 0.3 is 0 Å². The van der Waals surface area contributed by atoms with Gasteiger partial charge in [0.25, 0.3) is 5.88 Å². The van der Waals surface area contributed by atoms with E-state index in [1.165, 1.54) is 6.39 Å². The van der Waals surface area contributed by atoms with Crippen LogP contribution in [0.2, 0.25) is 0 Å². The maximum Gasteiger partial charge on any atom is 0.251 e. The second-order valence-electron chi connectivity index (χ2n) is 4.08. The largest absolute Gasteiger partial charge is 0.425 e. The lowest BCUT2D eigenvalue weighted by Crippen LogP contribution is -1.92. The number of anilines is 1. The van der Waals surface area contributed by atoms with E-state index in [-0.39, 0.29) is 11.6 Å². The van der Waals surface area contributed by atoms with E-state index in [9.17, 15) is 0 Å². The van der Waals surface area contributed by atoms with Crippen LogP contribution in [0.5, 0.6) is 0 Å². The van der Waals surface area contributed by atoms with Crippen molar-refractivity contribution in [3.05, 3.63) is 60.1 Å². The van der Waals surface area contributed by atoms with Gasteiger partial charge in [-0.05, 0) is 10.8 Å². The number of aromatic nitrogens is 1. The zero-order valence-electron chi connectivity index (χ0n) is 10.4. The number of rotatable bonds is 3. The normalized spacial score (nSPS) is 10.8. The molecule has 96 valence electrons. The van der Waals surface area contributed by atoms with Gasteiger partial charge in [-0.2, -0.15) is 10.4 Å². The lowest BCUT2D eigenvalue weighted by molar-refractivity contribution is 0.570. The zero-order chi connectivity index (χ0) is 13.8. The molecule has 20 heavy (non-hydrogen) atoms. The van der Waals surface area contributed by atoms with Crippen molar-refractivity contribution >= 4 is 22.9 Å². The highest BCUT2D eigenvalue weighted by molar-refractivity contribution is 5.99. The molecule has 5 heteroatoms. The van der Waals surface area contributed by atoms with Crippen molar-refractivity contribution in [2.75, 3.05) is 5.43 Å². The summed E-state index contributed by atoms with van der Waals surface area (Å²) in [6, 6.07) is 16.0. The first-order chi connectivity index (χ1) is 9.88. The molecule has 0 saturated heterocycles. The van der Waals surface area contributed by atoms with Crippen LogP contribution in [-0.4, -0.2) is 11.2 Å². The van der Waals surface area contributed by atoms with Crippen molar-refractivity contribution in [1.29, 1.82) is 5.26 Å². The molecule has 0 aliphatic carbocycles. The Morgan fingerprint density at radius 1 is 1.20 bits per heavy atom. The fourth-order valence-corrected chi connectivity index (χ4v) is 1.93. The molecule has 3 aromatic rings. The third-order valence-electron chi connectivity index (χ3n) is 2.87. The van der Waals surface area contributed by atoms with E-state index in [1.807, 2.05) is 48.5 Å². The molecule has 0 unspecified atom stereocenters. The van der Waals surface area contributed by atoms with E-state index in [1.54, 1.807) is 6.21 Å². The molecule has 1 aromatic heterocycles. The van der Waals surface area contributed by atoms with Gasteiger partial charge in [0.1, 0.15) is 6.07 Å². The van der Waals surface area contributed by atoms with Gasteiger partial charge in [-0.15, -0.1) is 0 Å². The van der Waals surface area contributed by atoms with Gasteiger partial charge in [-0.1, -0.05) is 42.5 Å². The maximum atomic E-state index is 8.80. The average molecular weight is 262 g/mol. The number of hydrazone groups is 1. The summed E-state index contributed by atoms with van der Waals surface area (Å²) in [5.41, 5.74) is 3.84. The van der Waals surface area contributed by atoms with E-state index in [0.717, 1.165) is 16.3 Å². The number of fused-ring (bicyclic) bond motifs is 1. The van der Waals surface area contributed by atoms with Gasteiger partial charge in [-0.3, -0.25) is 0 Å². The minimum Gasteiger partial charge on any atom is -0.425 e. The Labute approximate surface area is 115 Å². The predicted molar refractivity (Wildman–Crippen MR) is 76.4 cm³/mol. The molecule has 0 radical (unpaired) electrons. The van der Waals surface area contributed by atoms with Crippen LogP contribution in [0.3, 0.4) is 0 Å². The van der Waals surface area contributed by atoms with E-state index < -0.39 is 0 Å². The molecular weight excluding hydrogens is 252 g/mol. The fourth-order valence-electron chi connectivity index (χ4n) is 1.93. The first kappa shape index (κ1) is 11.9. The Morgan fingerprint density at radius 2 is 2.05 bits per heavy atom. The van der Waals surface area contributed by atoms with Gasteiger partial charge in [0.05, 0.1) is 6.21 Å². The lowest BCUT2D eigenvalue weighted by Gasteiger charge is -2.01. The molecule has 1 N–H and O–H groups in total. The van der Waals surface area contributed by atoms with Gasteiger partial charge < -0.3 is 4.42 Å². The molecule has 0 fully saturated rings. The first-order valence-corrected chi connectivity index (χ1v) is 5.99. The van der Waals surface area contributed by atoms with Crippen molar-refractivity contribution in [2.24, 2.45) is 5.10 Å². The smallest absolute Gasteiger partial charge is 0.251 e. The first-order valence-electron chi connectivity index (χ1n) is 5.99. The number of hydrogen-bond donors (Lipinski definition) is 1. The van der Waals surface area contributed by atoms with E-state index in [4.69, 9.17) is 9.68 Å². The van der Waals surface area contributed by atoms with Crippen molar-refractivity contribution in [3.63, 3.8) is 0 Å². The van der Waals surface area contributed by atoms with E-state index in [2.05, 4.69) is 15.5 Å². The molecule has 0 aliphatic rings. The number of nitrogens with zero attached hydrogens (tertiary/aromatic N) is 3. The van der Waals surface area contributed by atoms with Crippen LogP contribution in [0.4, 0.5) is 5.88 Å². The third-order valence-corrected chi connectivity index (χ3v) is 2.87. The summed E-state index contributed by atoms with van der Waals surface area (Å²) in [5.74, 6) is 0.240. The van der Waals surface area contributed by atoms with Crippen LogP contribution in [0, 0.1) is 11.3 Å². The molecule has 0 bridgehead atoms. The summed E-state index contributed by atoms with van der Waals surface area (Å²) >= 11 is 0. The van der Waals surface area contributed by atoms with Crippen LogP contribution in [0.25, 0.3) is 10.8 Å². The van der Waals surface area contributed by atoms with Gasteiger partial charge in [0, 0.05) is 5.56 Å². The summed E-state index contributed by atoms with van der Waals surface area (Å²) in [6.07, 6.45) is 2.89. The average Bonchev–Trinajstić information content (AvgIpc) is 2.95. The van der Waals surface area contributed by atoms with Gasteiger partial charge in [0.15, 0.2) is 6.39 Å². The number of nitriles is 1. The molecule has 5 nitrogen and oxygen atoms in total. The molecule has 3 rings (SSSR count). The second-order valence-corrected chi connectivity index (χ2v) is 4.08. The van der Waals surface area contributed by atoms with Crippen molar-refractivity contribution in [2.45, 2.75) is 0 Å². The number of hydrogen-bond acceptors (Lipinski definition) is 5. The summed E-state index contributed by atoms with van der Waals surface area (Å²) in [7, 11) is 0. The molecule has 2 aromatic carbocycles. The highest BCUT2D eigenvalue weighted by atomic mass is 16.4. The lowest BCUT2D eigenvalue weighted by atomic mass is 10.1.